The van der Waals surface area contributed by atoms with Crippen LogP contribution in [0.4, 0.5) is 5.69 Å². The molecule has 3 rings (SSSR count). The third-order valence-electron chi connectivity index (χ3n) is 4.63. The molecule has 28 heavy (non-hydrogen) atoms. The standard InChI is InChI=1S/C19H28N6O2.HI/c1-15-22-18(27-23-15)8-5-9-21-19(20-2)25-12-10-24(11-13-25)16-6-4-7-17(14-16)26-3;/h4,6-7,14H,5,8-13H2,1-3H3,(H,20,21);1H. The number of hydrogen-bond donors (Lipinski definition) is 1. The number of halogens is 1. The van der Waals surface area contributed by atoms with Crippen molar-refractivity contribution in [3.8, 4) is 5.75 Å². The highest BCUT2D eigenvalue weighted by Crippen LogP contribution is 2.22. The minimum atomic E-state index is 0. The monoisotopic (exact) mass is 500 g/mol. The predicted octanol–water partition coefficient (Wildman–Crippen LogP) is 2.33. The molecule has 8 nitrogen and oxygen atoms in total. The molecule has 2 aromatic rings. The Morgan fingerprint density at radius 2 is 2.07 bits per heavy atom. The van der Waals surface area contributed by atoms with Gasteiger partial charge in [0.2, 0.25) is 5.89 Å². The fraction of sp³-hybridized carbons (Fsp3) is 0.526. The van der Waals surface area contributed by atoms with Crippen LogP contribution in [0.1, 0.15) is 18.1 Å². The van der Waals surface area contributed by atoms with Gasteiger partial charge in [-0.1, -0.05) is 11.2 Å². The van der Waals surface area contributed by atoms with E-state index in [0.717, 1.165) is 57.3 Å². The maximum absolute atomic E-state index is 5.33. The summed E-state index contributed by atoms with van der Waals surface area (Å²) in [5.41, 5.74) is 1.20. The van der Waals surface area contributed by atoms with E-state index >= 15 is 0 Å². The molecule has 1 aromatic carbocycles. The number of guanidine groups is 1. The molecule has 9 heteroatoms. The normalized spacial score (nSPS) is 14.6. The number of hydrogen-bond acceptors (Lipinski definition) is 6. The highest BCUT2D eigenvalue weighted by molar-refractivity contribution is 14.0. The molecule has 0 radical (unpaired) electrons. The van der Waals surface area contributed by atoms with E-state index in [1.807, 2.05) is 26.1 Å². The molecule has 1 saturated heterocycles. The topological polar surface area (TPSA) is 79.0 Å². The van der Waals surface area contributed by atoms with Crippen molar-refractivity contribution in [2.24, 2.45) is 4.99 Å². The molecule has 0 unspecified atom stereocenters. The highest BCUT2D eigenvalue weighted by atomic mass is 127. The van der Waals surface area contributed by atoms with Gasteiger partial charge in [0.05, 0.1) is 7.11 Å². The molecule has 2 heterocycles. The summed E-state index contributed by atoms with van der Waals surface area (Å²) in [5, 5.41) is 7.25. The Balaban J connectivity index is 0.00000280. The number of aliphatic imine (C=N–C) groups is 1. The number of aromatic nitrogens is 2. The molecule has 1 aliphatic rings. The predicted molar refractivity (Wildman–Crippen MR) is 121 cm³/mol. The van der Waals surface area contributed by atoms with E-state index < -0.39 is 0 Å². The number of piperazine rings is 1. The third-order valence-corrected chi connectivity index (χ3v) is 4.63. The van der Waals surface area contributed by atoms with Gasteiger partial charge in [0, 0.05) is 57.9 Å². The zero-order chi connectivity index (χ0) is 19.1. The van der Waals surface area contributed by atoms with Gasteiger partial charge in [-0.25, -0.2) is 0 Å². The van der Waals surface area contributed by atoms with Crippen molar-refractivity contribution in [1.29, 1.82) is 0 Å². The van der Waals surface area contributed by atoms with E-state index in [1.54, 1.807) is 7.11 Å². The van der Waals surface area contributed by atoms with Crippen molar-refractivity contribution in [1.82, 2.24) is 20.4 Å². The molecule has 0 aliphatic carbocycles. The van der Waals surface area contributed by atoms with E-state index in [-0.39, 0.29) is 24.0 Å². The molecule has 0 amide bonds. The second-order valence-corrected chi connectivity index (χ2v) is 6.49. The maximum Gasteiger partial charge on any atom is 0.226 e. The first-order valence-electron chi connectivity index (χ1n) is 9.33. The van der Waals surface area contributed by atoms with Gasteiger partial charge >= 0.3 is 0 Å². The molecular formula is C19H29IN6O2. The molecule has 1 aromatic heterocycles. The Bertz CT molecular complexity index is 758. The molecule has 154 valence electrons. The number of ether oxygens (including phenoxy) is 1. The zero-order valence-electron chi connectivity index (χ0n) is 16.7. The molecule has 0 spiro atoms. The first-order chi connectivity index (χ1) is 13.2. The molecule has 0 bridgehead atoms. The quantitative estimate of drug-likeness (QED) is 0.282. The van der Waals surface area contributed by atoms with E-state index in [2.05, 4.69) is 42.4 Å². The van der Waals surface area contributed by atoms with Gasteiger partial charge in [-0.15, -0.1) is 24.0 Å². The lowest BCUT2D eigenvalue weighted by atomic mass is 10.2. The van der Waals surface area contributed by atoms with Gasteiger partial charge in [-0.05, 0) is 25.5 Å². The van der Waals surface area contributed by atoms with Crippen LogP contribution in [0.2, 0.25) is 0 Å². The number of rotatable bonds is 6. The lowest BCUT2D eigenvalue weighted by Gasteiger charge is -2.37. The second kappa shape index (κ2) is 11.1. The summed E-state index contributed by atoms with van der Waals surface area (Å²) in [6, 6.07) is 8.22. The Morgan fingerprint density at radius 3 is 2.71 bits per heavy atom. The fourth-order valence-electron chi connectivity index (χ4n) is 3.20. The van der Waals surface area contributed by atoms with Crippen molar-refractivity contribution in [3.05, 3.63) is 36.0 Å². The summed E-state index contributed by atoms with van der Waals surface area (Å²) < 4.78 is 10.5. The average Bonchev–Trinajstić information content (AvgIpc) is 3.13. The van der Waals surface area contributed by atoms with E-state index in [4.69, 9.17) is 9.26 Å². The average molecular weight is 500 g/mol. The Kier molecular flexibility index (Phi) is 8.81. The minimum Gasteiger partial charge on any atom is -0.497 e. The van der Waals surface area contributed by atoms with Crippen molar-refractivity contribution in [2.75, 3.05) is 51.8 Å². The summed E-state index contributed by atoms with van der Waals surface area (Å²) in [4.78, 5) is 13.3. The van der Waals surface area contributed by atoms with Crippen molar-refractivity contribution < 1.29 is 9.26 Å². The first-order valence-corrected chi connectivity index (χ1v) is 9.33. The summed E-state index contributed by atoms with van der Waals surface area (Å²) >= 11 is 0. The van der Waals surface area contributed by atoms with E-state index in [0.29, 0.717) is 11.7 Å². The van der Waals surface area contributed by atoms with Gasteiger partial charge < -0.3 is 24.4 Å². The van der Waals surface area contributed by atoms with Gasteiger partial charge in [0.25, 0.3) is 0 Å². The lowest BCUT2D eigenvalue weighted by Crippen LogP contribution is -2.52. The molecule has 0 saturated carbocycles. The Morgan fingerprint density at radius 1 is 1.29 bits per heavy atom. The number of methoxy groups -OCH3 is 1. The summed E-state index contributed by atoms with van der Waals surface area (Å²) in [7, 11) is 3.53. The number of aryl methyl sites for hydroxylation is 2. The molecule has 0 atom stereocenters. The first kappa shape index (κ1) is 22.3. The molecule has 1 aliphatic heterocycles. The van der Waals surface area contributed by atoms with E-state index in [9.17, 15) is 0 Å². The highest BCUT2D eigenvalue weighted by Gasteiger charge is 2.20. The number of nitrogens with one attached hydrogen (secondary N) is 1. The third kappa shape index (κ3) is 5.98. The van der Waals surface area contributed by atoms with Gasteiger partial charge in [-0.3, -0.25) is 4.99 Å². The SMILES string of the molecule is CN=C(NCCCc1nc(C)no1)N1CCN(c2cccc(OC)c2)CC1.I. The number of benzene rings is 1. The zero-order valence-corrected chi connectivity index (χ0v) is 19.1. The maximum atomic E-state index is 5.33. The van der Waals surface area contributed by atoms with Gasteiger partial charge in [0.1, 0.15) is 5.75 Å². The van der Waals surface area contributed by atoms with Crippen LogP contribution in [-0.4, -0.2) is 67.9 Å². The van der Waals surface area contributed by atoms with Gasteiger partial charge in [-0.2, -0.15) is 4.98 Å². The number of anilines is 1. The van der Waals surface area contributed by atoms with Crippen LogP contribution >= 0.6 is 24.0 Å². The van der Waals surface area contributed by atoms with Crippen molar-refractivity contribution >= 4 is 35.6 Å². The minimum absolute atomic E-state index is 0. The van der Waals surface area contributed by atoms with Crippen LogP contribution in [0, 0.1) is 6.92 Å². The van der Waals surface area contributed by atoms with Crippen LogP contribution in [0.25, 0.3) is 0 Å². The van der Waals surface area contributed by atoms with Crippen LogP contribution in [0.5, 0.6) is 5.75 Å². The lowest BCUT2D eigenvalue weighted by molar-refractivity contribution is 0.365. The smallest absolute Gasteiger partial charge is 0.226 e. The van der Waals surface area contributed by atoms with E-state index in [1.165, 1.54) is 5.69 Å². The summed E-state index contributed by atoms with van der Waals surface area (Å²) in [6.45, 7) is 6.42. The van der Waals surface area contributed by atoms with Crippen molar-refractivity contribution in [3.63, 3.8) is 0 Å². The van der Waals surface area contributed by atoms with Crippen LogP contribution in [0.15, 0.2) is 33.8 Å². The summed E-state index contributed by atoms with van der Waals surface area (Å²) in [6.07, 6.45) is 1.69. The van der Waals surface area contributed by atoms with Crippen LogP contribution < -0.4 is 15.0 Å². The molecule has 1 N–H and O–H groups in total. The van der Waals surface area contributed by atoms with Crippen LogP contribution in [0.3, 0.4) is 0 Å². The van der Waals surface area contributed by atoms with Crippen LogP contribution in [-0.2, 0) is 6.42 Å². The Hall–Kier alpha value is -2.04. The fourth-order valence-corrected chi connectivity index (χ4v) is 3.20. The molecule has 1 fully saturated rings. The second-order valence-electron chi connectivity index (χ2n) is 6.49. The van der Waals surface area contributed by atoms with Crippen molar-refractivity contribution in [2.45, 2.75) is 19.8 Å². The number of nitrogens with zero attached hydrogens (tertiary/aromatic N) is 5. The molecular weight excluding hydrogens is 471 g/mol. The Labute approximate surface area is 183 Å². The largest absolute Gasteiger partial charge is 0.497 e. The van der Waals surface area contributed by atoms with Gasteiger partial charge in [0.15, 0.2) is 11.8 Å². The summed E-state index contributed by atoms with van der Waals surface area (Å²) in [5.74, 6) is 3.21.